The number of piperazine rings is 1. The average Bonchev–Trinajstić information content (AvgIpc) is 2.38. The van der Waals surface area contributed by atoms with Gasteiger partial charge in [-0.25, -0.2) is 0 Å². The van der Waals surface area contributed by atoms with Crippen LogP contribution >= 0.6 is 0 Å². The van der Waals surface area contributed by atoms with Gasteiger partial charge in [0.15, 0.2) is 0 Å². The number of nitrogens with zero attached hydrogens (tertiary/aromatic N) is 2. The van der Waals surface area contributed by atoms with Crippen LogP contribution in [0.1, 0.15) is 39.4 Å². The van der Waals surface area contributed by atoms with Crippen LogP contribution in [0.15, 0.2) is 24.3 Å². The van der Waals surface area contributed by atoms with Crippen molar-refractivity contribution in [1.82, 2.24) is 4.90 Å². The van der Waals surface area contributed by atoms with Crippen LogP contribution in [-0.2, 0) is 0 Å². The summed E-state index contributed by atoms with van der Waals surface area (Å²) in [6, 6.07) is 8.19. The molecule has 2 rings (SSSR count). The largest absolute Gasteiger partial charge is 0.389 e. The predicted octanol–water partition coefficient (Wildman–Crippen LogP) is 2.66. The van der Waals surface area contributed by atoms with Crippen molar-refractivity contribution in [2.45, 2.75) is 39.3 Å². The second kappa shape index (κ2) is 5.51. The van der Waals surface area contributed by atoms with Gasteiger partial charge >= 0.3 is 0 Å². The van der Waals surface area contributed by atoms with Crippen molar-refractivity contribution in [3.63, 3.8) is 0 Å². The van der Waals surface area contributed by atoms with E-state index in [4.69, 9.17) is 0 Å². The number of rotatable bonds is 2. The van der Waals surface area contributed by atoms with Crippen molar-refractivity contribution in [1.29, 1.82) is 0 Å². The molecule has 1 aliphatic heterocycles. The normalized spacial score (nSPS) is 19.5. The van der Waals surface area contributed by atoms with Crippen LogP contribution in [0.3, 0.4) is 0 Å². The second-order valence-electron chi connectivity index (χ2n) is 6.38. The van der Waals surface area contributed by atoms with Gasteiger partial charge in [-0.05, 0) is 33.8 Å². The lowest BCUT2D eigenvalue weighted by molar-refractivity contribution is 0.128. The van der Waals surface area contributed by atoms with Gasteiger partial charge in [0.1, 0.15) is 0 Å². The highest BCUT2D eigenvalue weighted by Gasteiger charge is 2.26. The molecule has 1 aromatic rings. The summed E-state index contributed by atoms with van der Waals surface area (Å²) in [6.07, 6.45) is -0.406. The topological polar surface area (TPSA) is 26.7 Å². The number of benzene rings is 1. The summed E-state index contributed by atoms with van der Waals surface area (Å²) in [6.45, 7) is 12.9. The molecule has 3 nitrogen and oxygen atoms in total. The van der Waals surface area contributed by atoms with E-state index >= 15 is 0 Å². The van der Waals surface area contributed by atoms with Crippen LogP contribution in [0.4, 0.5) is 5.69 Å². The molecule has 0 radical (unpaired) electrons. The molecule has 1 fully saturated rings. The van der Waals surface area contributed by atoms with Gasteiger partial charge in [-0.15, -0.1) is 0 Å². The average molecular weight is 262 g/mol. The molecule has 1 heterocycles. The quantitative estimate of drug-likeness (QED) is 0.887. The Morgan fingerprint density at radius 3 is 2.16 bits per heavy atom. The summed E-state index contributed by atoms with van der Waals surface area (Å²) >= 11 is 0. The van der Waals surface area contributed by atoms with E-state index in [1.165, 1.54) is 5.69 Å². The lowest BCUT2D eigenvalue weighted by atomic mass is 10.0. The highest BCUT2D eigenvalue weighted by atomic mass is 16.3. The van der Waals surface area contributed by atoms with Gasteiger partial charge in [-0.1, -0.05) is 18.2 Å². The SMILES string of the molecule is C[C@@H](O)c1ccccc1N1CCN(C(C)(C)C)CC1. The predicted molar refractivity (Wildman–Crippen MR) is 80.6 cm³/mol. The number of para-hydroxylation sites is 1. The Labute approximate surface area is 116 Å². The fourth-order valence-corrected chi connectivity index (χ4v) is 2.75. The Morgan fingerprint density at radius 2 is 1.63 bits per heavy atom. The maximum absolute atomic E-state index is 9.88. The summed E-state index contributed by atoms with van der Waals surface area (Å²) in [5.41, 5.74) is 2.47. The van der Waals surface area contributed by atoms with Crippen molar-refractivity contribution < 1.29 is 5.11 Å². The summed E-state index contributed by atoms with van der Waals surface area (Å²) in [4.78, 5) is 4.92. The molecule has 0 spiro atoms. The zero-order chi connectivity index (χ0) is 14.0. The lowest BCUT2D eigenvalue weighted by Crippen LogP contribution is -2.53. The molecule has 106 valence electrons. The fraction of sp³-hybridized carbons (Fsp3) is 0.625. The van der Waals surface area contributed by atoms with Crippen LogP contribution in [0.5, 0.6) is 0 Å². The number of aliphatic hydroxyl groups is 1. The summed E-state index contributed by atoms with van der Waals surface area (Å²) in [7, 11) is 0. The Kier molecular flexibility index (Phi) is 4.16. The van der Waals surface area contributed by atoms with Crippen LogP contribution in [0.25, 0.3) is 0 Å². The molecule has 1 saturated heterocycles. The Balaban J connectivity index is 2.10. The van der Waals surface area contributed by atoms with Crippen LogP contribution in [0, 0.1) is 0 Å². The van der Waals surface area contributed by atoms with E-state index in [0.29, 0.717) is 0 Å². The van der Waals surface area contributed by atoms with E-state index in [1.54, 1.807) is 0 Å². The van der Waals surface area contributed by atoms with Crippen LogP contribution in [-0.4, -0.2) is 41.7 Å². The molecule has 0 aliphatic carbocycles. The van der Waals surface area contributed by atoms with Crippen molar-refractivity contribution in [2.75, 3.05) is 31.1 Å². The Morgan fingerprint density at radius 1 is 1.05 bits per heavy atom. The smallest absolute Gasteiger partial charge is 0.0781 e. The highest BCUT2D eigenvalue weighted by molar-refractivity contribution is 5.54. The summed E-state index contributed by atoms with van der Waals surface area (Å²) in [5.74, 6) is 0. The minimum atomic E-state index is -0.406. The van der Waals surface area contributed by atoms with Crippen molar-refractivity contribution in [2.24, 2.45) is 0 Å². The van der Waals surface area contributed by atoms with Gasteiger partial charge in [-0.3, -0.25) is 4.90 Å². The zero-order valence-corrected chi connectivity index (χ0v) is 12.6. The number of aliphatic hydroxyl groups excluding tert-OH is 1. The van der Waals surface area contributed by atoms with Gasteiger partial charge in [0.2, 0.25) is 0 Å². The van der Waals surface area contributed by atoms with Crippen molar-refractivity contribution >= 4 is 5.69 Å². The van der Waals surface area contributed by atoms with E-state index in [2.05, 4.69) is 42.7 Å². The first-order valence-electron chi connectivity index (χ1n) is 7.16. The van der Waals surface area contributed by atoms with Gasteiger partial charge in [0.25, 0.3) is 0 Å². The molecule has 0 amide bonds. The molecule has 3 heteroatoms. The van der Waals surface area contributed by atoms with E-state index in [-0.39, 0.29) is 5.54 Å². The summed E-state index contributed by atoms with van der Waals surface area (Å²) in [5, 5.41) is 9.88. The van der Waals surface area contributed by atoms with Crippen molar-refractivity contribution in [3.05, 3.63) is 29.8 Å². The minimum absolute atomic E-state index is 0.246. The first-order chi connectivity index (χ1) is 8.89. The maximum atomic E-state index is 9.88. The minimum Gasteiger partial charge on any atom is -0.389 e. The number of hydrogen-bond acceptors (Lipinski definition) is 3. The van der Waals surface area contributed by atoms with E-state index in [1.807, 2.05) is 19.1 Å². The Bertz CT molecular complexity index is 415. The molecule has 1 N–H and O–H groups in total. The molecule has 0 saturated carbocycles. The standard InChI is InChI=1S/C16H26N2O/c1-13(19)14-7-5-6-8-15(14)17-9-11-18(12-10-17)16(2,3)4/h5-8,13,19H,9-12H2,1-4H3/t13-/m1/s1. The molecule has 0 unspecified atom stereocenters. The molecule has 1 atom stereocenters. The zero-order valence-electron chi connectivity index (χ0n) is 12.6. The summed E-state index contributed by atoms with van der Waals surface area (Å²) < 4.78 is 0. The molecule has 1 aromatic carbocycles. The molecular weight excluding hydrogens is 236 g/mol. The Hall–Kier alpha value is -1.06. The molecular formula is C16H26N2O. The van der Waals surface area contributed by atoms with E-state index in [9.17, 15) is 5.11 Å². The van der Waals surface area contributed by atoms with Gasteiger partial charge in [0, 0.05) is 43.0 Å². The molecule has 1 aliphatic rings. The van der Waals surface area contributed by atoms with Crippen LogP contribution < -0.4 is 4.90 Å². The molecule has 0 aromatic heterocycles. The number of anilines is 1. The highest BCUT2D eigenvalue weighted by Crippen LogP contribution is 2.28. The lowest BCUT2D eigenvalue weighted by Gasteiger charge is -2.43. The third-order valence-corrected chi connectivity index (χ3v) is 3.96. The molecule has 0 bridgehead atoms. The third kappa shape index (κ3) is 3.28. The van der Waals surface area contributed by atoms with Gasteiger partial charge in [-0.2, -0.15) is 0 Å². The van der Waals surface area contributed by atoms with Gasteiger partial charge < -0.3 is 10.0 Å². The monoisotopic (exact) mass is 262 g/mol. The third-order valence-electron chi connectivity index (χ3n) is 3.96. The second-order valence-corrected chi connectivity index (χ2v) is 6.38. The van der Waals surface area contributed by atoms with Crippen molar-refractivity contribution in [3.8, 4) is 0 Å². The molecule has 19 heavy (non-hydrogen) atoms. The first-order valence-corrected chi connectivity index (χ1v) is 7.16. The maximum Gasteiger partial charge on any atom is 0.0781 e. The van der Waals surface area contributed by atoms with E-state index < -0.39 is 6.10 Å². The van der Waals surface area contributed by atoms with Crippen LogP contribution in [0.2, 0.25) is 0 Å². The first kappa shape index (κ1) is 14.4. The van der Waals surface area contributed by atoms with E-state index in [0.717, 1.165) is 31.7 Å². The van der Waals surface area contributed by atoms with Gasteiger partial charge in [0.05, 0.1) is 6.10 Å². The fourth-order valence-electron chi connectivity index (χ4n) is 2.75. The number of hydrogen-bond donors (Lipinski definition) is 1.